The smallest absolute Gasteiger partial charge is 0.317 e. The molecule has 0 fully saturated rings. The van der Waals surface area contributed by atoms with Crippen molar-refractivity contribution in [2.45, 2.75) is 6.54 Å². The molecule has 0 spiro atoms. The van der Waals surface area contributed by atoms with Crippen molar-refractivity contribution in [1.29, 1.82) is 0 Å². The SMILES string of the molecule is O=C(O)CNCCn1[nH]nnc1=S. The number of carboxylic acid groups (broad SMARTS) is 1. The van der Waals surface area contributed by atoms with Gasteiger partial charge in [-0.05, 0) is 12.2 Å². The van der Waals surface area contributed by atoms with Gasteiger partial charge in [-0.25, -0.2) is 4.68 Å². The van der Waals surface area contributed by atoms with Crippen LogP contribution in [0.25, 0.3) is 0 Å². The normalized spacial score (nSPS) is 10.2. The Balaban J connectivity index is 2.24. The van der Waals surface area contributed by atoms with Gasteiger partial charge in [0, 0.05) is 6.54 Å². The molecule has 13 heavy (non-hydrogen) atoms. The summed E-state index contributed by atoms with van der Waals surface area (Å²) in [6.45, 7) is 0.971. The molecule has 0 amide bonds. The van der Waals surface area contributed by atoms with Gasteiger partial charge < -0.3 is 10.4 Å². The van der Waals surface area contributed by atoms with Crippen LogP contribution < -0.4 is 5.32 Å². The second kappa shape index (κ2) is 4.67. The summed E-state index contributed by atoms with van der Waals surface area (Å²) in [4.78, 5) is 10.1. The van der Waals surface area contributed by atoms with Crippen LogP contribution in [0.15, 0.2) is 0 Å². The first-order chi connectivity index (χ1) is 6.20. The minimum absolute atomic E-state index is 0.0606. The van der Waals surface area contributed by atoms with E-state index in [0.29, 0.717) is 17.9 Å². The second-order valence-corrected chi connectivity index (χ2v) is 2.67. The predicted octanol–water partition coefficient (Wildman–Crippen LogP) is -0.990. The zero-order valence-electron chi connectivity index (χ0n) is 6.73. The van der Waals surface area contributed by atoms with Crippen molar-refractivity contribution in [1.82, 2.24) is 25.5 Å². The van der Waals surface area contributed by atoms with E-state index in [-0.39, 0.29) is 6.54 Å². The molecule has 7 nitrogen and oxygen atoms in total. The Morgan fingerprint density at radius 1 is 1.77 bits per heavy atom. The number of carbonyl (C=O) groups is 1. The van der Waals surface area contributed by atoms with E-state index in [2.05, 4.69) is 20.8 Å². The van der Waals surface area contributed by atoms with Crippen LogP contribution in [0.5, 0.6) is 0 Å². The quantitative estimate of drug-likeness (QED) is 0.420. The second-order valence-electron chi connectivity index (χ2n) is 2.30. The lowest BCUT2D eigenvalue weighted by Crippen LogP contribution is -2.26. The Kier molecular flexibility index (Phi) is 3.53. The van der Waals surface area contributed by atoms with E-state index in [1.165, 1.54) is 0 Å². The fourth-order valence-corrected chi connectivity index (χ4v) is 0.921. The number of aliphatic carboxylic acids is 1. The number of aromatic nitrogens is 4. The van der Waals surface area contributed by atoms with Crippen LogP contribution in [0.2, 0.25) is 0 Å². The molecule has 0 aromatic carbocycles. The maximum absolute atomic E-state index is 10.1. The van der Waals surface area contributed by atoms with Gasteiger partial charge >= 0.3 is 5.97 Å². The minimum Gasteiger partial charge on any atom is -0.480 e. The third-order valence-corrected chi connectivity index (χ3v) is 1.62. The molecule has 1 aromatic rings. The van der Waals surface area contributed by atoms with E-state index in [9.17, 15) is 4.79 Å². The van der Waals surface area contributed by atoms with Crippen molar-refractivity contribution < 1.29 is 9.90 Å². The molecule has 0 aliphatic rings. The lowest BCUT2D eigenvalue weighted by atomic mass is 10.6. The maximum atomic E-state index is 10.1. The fraction of sp³-hybridized carbons (Fsp3) is 0.600. The van der Waals surface area contributed by atoms with Crippen LogP contribution in [-0.2, 0) is 11.3 Å². The lowest BCUT2D eigenvalue weighted by molar-refractivity contribution is -0.135. The first-order valence-corrected chi connectivity index (χ1v) is 4.01. The van der Waals surface area contributed by atoms with Gasteiger partial charge in [-0.1, -0.05) is 10.3 Å². The van der Waals surface area contributed by atoms with E-state index < -0.39 is 5.97 Å². The highest BCUT2D eigenvalue weighted by Crippen LogP contribution is 1.80. The van der Waals surface area contributed by atoms with Crippen LogP contribution in [0.4, 0.5) is 0 Å². The highest BCUT2D eigenvalue weighted by atomic mass is 32.1. The number of nitrogens with zero attached hydrogens (tertiary/aromatic N) is 3. The molecule has 0 bridgehead atoms. The van der Waals surface area contributed by atoms with Gasteiger partial charge in [0.1, 0.15) is 0 Å². The zero-order chi connectivity index (χ0) is 9.68. The fourth-order valence-electron chi connectivity index (χ4n) is 0.748. The number of carboxylic acids is 1. The zero-order valence-corrected chi connectivity index (χ0v) is 7.54. The molecular formula is C5H9N5O2S. The third kappa shape index (κ3) is 3.30. The molecule has 8 heteroatoms. The summed E-state index contributed by atoms with van der Waals surface area (Å²) in [5, 5.41) is 20.6. The van der Waals surface area contributed by atoms with Crippen molar-refractivity contribution in [2.24, 2.45) is 0 Å². The molecular weight excluding hydrogens is 194 g/mol. The number of rotatable bonds is 5. The number of hydrogen-bond acceptors (Lipinski definition) is 5. The van der Waals surface area contributed by atoms with Crippen molar-refractivity contribution in [3.8, 4) is 0 Å². The number of aromatic amines is 1. The van der Waals surface area contributed by atoms with Crippen molar-refractivity contribution >= 4 is 18.2 Å². The number of H-pyrrole nitrogens is 1. The largest absolute Gasteiger partial charge is 0.480 e. The number of tetrazole rings is 1. The Bertz CT molecular complexity index is 332. The predicted molar refractivity (Wildman–Crippen MR) is 45.7 cm³/mol. The Morgan fingerprint density at radius 2 is 2.54 bits per heavy atom. The van der Waals surface area contributed by atoms with Crippen LogP contribution >= 0.6 is 12.2 Å². The number of hydrogen-bond donors (Lipinski definition) is 3. The summed E-state index contributed by atoms with van der Waals surface area (Å²) < 4.78 is 1.90. The summed E-state index contributed by atoms with van der Waals surface area (Å²) in [5.74, 6) is -0.883. The highest BCUT2D eigenvalue weighted by Gasteiger charge is 1.96. The topological polar surface area (TPSA) is 95.8 Å². The molecule has 0 aliphatic carbocycles. The van der Waals surface area contributed by atoms with Crippen LogP contribution in [0, 0.1) is 4.77 Å². The van der Waals surface area contributed by atoms with Gasteiger partial charge in [0.15, 0.2) is 0 Å². The van der Waals surface area contributed by atoms with Gasteiger partial charge in [0.2, 0.25) is 4.77 Å². The van der Waals surface area contributed by atoms with E-state index in [4.69, 9.17) is 17.3 Å². The molecule has 0 radical (unpaired) electrons. The Morgan fingerprint density at radius 3 is 3.08 bits per heavy atom. The summed E-state index contributed by atoms with van der Waals surface area (Å²) in [5.41, 5.74) is 0. The average molecular weight is 203 g/mol. The summed E-state index contributed by atoms with van der Waals surface area (Å²) in [6, 6.07) is 0. The molecule has 3 N–H and O–H groups in total. The van der Waals surface area contributed by atoms with Crippen LogP contribution in [-0.4, -0.2) is 44.4 Å². The Hall–Kier alpha value is -1.28. The molecule has 1 heterocycles. The molecule has 0 saturated carbocycles. The monoisotopic (exact) mass is 203 g/mol. The first kappa shape index (κ1) is 9.81. The van der Waals surface area contributed by atoms with Crippen molar-refractivity contribution in [2.75, 3.05) is 13.1 Å². The first-order valence-electron chi connectivity index (χ1n) is 3.60. The molecule has 1 aromatic heterocycles. The van der Waals surface area contributed by atoms with Crippen LogP contribution in [0.3, 0.4) is 0 Å². The van der Waals surface area contributed by atoms with Crippen LogP contribution in [0.1, 0.15) is 0 Å². The van der Waals surface area contributed by atoms with Gasteiger partial charge in [-0.15, -0.1) is 0 Å². The summed E-state index contributed by atoms with van der Waals surface area (Å²) in [7, 11) is 0. The molecule has 0 unspecified atom stereocenters. The van der Waals surface area contributed by atoms with Gasteiger partial charge in [-0.3, -0.25) is 4.79 Å². The highest BCUT2D eigenvalue weighted by molar-refractivity contribution is 7.71. The van der Waals surface area contributed by atoms with E-state index >= 15 is 0 Å². The third-order valence-electron chi connectivity index (χ3n) is 1.32. The average Bonchev–Trinajstić information content (AvgIpc) is 2.45. The summed E-state index contributed by atoms with van der Waals surface area (Å²) in [6.07, 6.45) is 0. The van der Waals surface area contributed by atoms with E-state index in [0.717, 1.165) is 0 Å². The lowest BCUT2D eigenvalue weighted by Gasteiger charge is -2.00. The molecule has 0 saturated heterocycles. The summed E-state index contributed by atoms with van der Waals surface area (Å²) >= 11 is 4.80. The van der Waals surface area contributed by atoms with Gasteiger partial charge in [0.05, 0.1) is 13.1 Å². The van der Waals surface area contributed by atoms with Gasteiger partial charge in [0.25, 0.3) is 0 Å². The molecule has 72 valence electrons. The standard InChI is InChI=1S/C5H9N5O2S/c11-4(12)3-6-1-2-10-5(13)7-8-9-10/h6H,1-3H2,(H,11,12)(H,7,9,13). The van der Waals surface area contributed by atoms with E-state index in [1.54, 1.807) is 4.68 Å². The maximum Gasteiger partial charge on any atom is 0.317 e. The molecule has 0 atom stereocenters. The van der Waals surface area contributed by atoms with Crippen molar-refractivity contribution in [3.05, 3.63) is 4.77 Å². The minimum atomic E-state index is -0.883. The number of nitrogens with one attached hydrogen (secondary N) is 2. The Labute approximate surface area is 78.7 Å². The molecule has 1 rings (SSSR count). The molecule has 0 aliphatic heterocycles. The van der Waals surface area contributed by atoms with Gasteiger partial charge in [-0.2, -0.15) is 5.21 Å². The van der Waals surface area contributed by atoms with Crippen molar-refractivity contribution in [3.63, 3.8) is 0 Å². The van der Waals surface area contributed by atoms with E-state index in [1.807, 2.05) is 0 Å².